The first-order valence-corrected chi connectivity index (χ1v) is 18.2. The van der Waals surface area contributed by atoms with Crippen LogP contribution in [0.3, 0.4) is 0 Å². The molecule has 49 heavy (non-hydrogen) atoms. The fraction of sp³-hybridized carbons (Fsp3) is 0.243. The highest BCUT2D eigenvalue weighted by Gasteiger charge is 2.27. The second kappa shape index (κ2) is 17.0. The zero-order valence-electron chi connectivity index (χ0n) is 26.9. The van der Waals surface area contributed by atoms with E-state index in [9.17, 15) is 19.2 Å². The molecule has 1 aliphatic carbocycles. The Bertz CT molecular complexity index is 1870. The third kappa shape index (κ3) is 9.33. The first-order chi connectivity index (χ1) is 23.6. The van der Waals surface area contributed by atoms with Crippen LogP contribution >= 0.6 is 46.3 Å². The van der Waals surface area contributed by atoms with Gasteiger partial charge >= 0.3 is 5.97 Å². The number of fused-ring (bicyclic) bond motifs is 1. The van der Waals surface area contributed by atoms with Crippen molar-refractivity contribution in [2.75, 3.05) is 17.7 Å². The number of carbonyl (C=O) groups is 4. The number of halogens is 2. The molecule has 0 spiro atoms. The highest BCUT2D eigenvalue weighted by molar-refractivity contribution is 8.00. The lowest BCUT2D eigenvalue weighted by molar-refractivity contribution is -0.115. The summed E-state index contributed by atoms with van der Waals surface area (Å²) in [5.41, 5.74) is 2.56. The Hall–Kier alpha value is -4.09. The number of amides is 3. The molecule has 0 fully saturated rings. The third-order valence-electron chi connectivity index (χ3n) is 7.89. The summed E-state index contributed by atoms with van der Waals surface area (Å²) in [6.07, 6.45) is 7.39. The van der Waals surface area contributed by atoms with Gasteiger partial charge in [0, 0.05) is 36.6 Å². The van der Waals surface area contributed by atoms with Gasteiger partial charge in [0.15, 0.2) is 0 Å². The lowest BCUT2D eigenvalue weighted by Crippen LogP contribution is -2.30. The van der Waals surface area contributed by atoms with Crippen molar-refractivity contribution in [3.8, 4) is 0 Å². The summed E-state index contributed by atoms with van der Waals surface area (Å²) >= 11 is 15.5. The number of anilines is 2. The van der Waals surface area contributed by atoms with E-state index in [4.69, 9.17) is 27.9 Å². The lowest BCUT2D eigenvalue weighted by Gasteiger charge is -2.15. The van der Waals surface area contributed by atoms with Gasteiger partial charge in [-0.1, -0.05) is 66.4 Å². The molecule has 0 saturated heterocycles. The molecule has 4 aromatic rings. The molecule has 8 nitrogen and oxygen atoms in total. The van der Waals surface area contributed by atoms with E-state index in [1.807, 2.05) is 6.07 Å². The second-order valence-electron chi connectivity index (χ2n) is 11.4. The van der Waals surface area contributed by atoms with Gasteiger partial charge in [0.1, 0.15) is 10.7 Å². The fourth-order valence-corrected chi connectivity index (χ4v) is 8.09. The number of thiophene rings is 1. The van der Waals surface area contributed by atoms with E-state index < -0.39 is 23.0 Å². The molecule has 3 N–H and O–H groups in total. The number of ether oxygens (including phenoxy) is 1. The standard InChI is InChI=1S/C37H35Cl2N3O5S2/c1-22(33(43)42-36-32(37(46)47-2)26-16-8-3-4-9-19-31(26)49-36)48-25-15-10-14-24(20-25)40-35(45)30(21-27-28(38)17-11-18-29(27)39)41-34(44)23-12-6-5-7-13-23/h5-7,10-15,17-18,20-22H,3-4,8-9,16,19H2,1-2H3,(H,40,45)(H,41,44)(H,42,43)/b30-21+. The molecule has 1 heterocycles. The van der Waals surface area contributed by atoms with Crippen LogP contribution in [-0.4, -0.2) is 36.1 Å². The van der Waals surface area contributed by atoms with Crippen LogP contribution in [0.15, 0.2) is 83.4 Å². The van der Waals surface area contributed by atoms with Crippen LogP contribution in [-0.2, 0) is 27.2 Å². The molecule has 3 amide bonds. The molecule has 1 aliphatic rings. The molecule has 1 atom stereocenters. The molecule has 254 valence electrons. The van der Waals surface area contributed by atoms with Crippen molar-refractivity contribution >= 4 is 86.8 Å². The summed E-state index contributed by atoms with van der Waals surface area (Å²) in [6, 6.07) is 20.5. The van der Waals surface area contributed by atoms with Gasteiger partial charge in [-0.15, -0.1) is 23.1 Å². The van der Waals surface area contributed by atoms with E-state index in [0.29, 0.717) is 37.4 Å². The van der Waals surface area contributed by atoms with Crippen molar-refractivity contribution in [3.05, 3.63) is 116 Å². The topological polar surface area (TPSA) is 114 Å². The number of hydrogen-bond donors (Lipinski definition) is 3. The summed E-state index contributed by atoms with van der Waals surface area (Å²) in [5, 5.41) is 9.11. The van der Waals surface area contributed by atoms with E-state index in [2.05, 4.69) is 16.0 Å². The minimum Gasteiger partial charge on any atom is -0.465 e. The quantitative estimate of drug-likeness (QED) is 0.0851. The van der Waals surface area contributed by atoms with Crippen LogP contribution in [0.4, 0.5) is 10.7 Å². The Kier molecular flexibility index (Phi) is 12.6. The van der Waals surface area contributed by atoms with Gasteiger partial charge in [0.05, 0.1) is 17.9 Å². The van der Waals surface area contributed by atoms with Gasteiger partial charge in [0.2, 0.25) is 5.91 Å². The maximum absolute atomic E-state index is 13.6. The number of rotatable bonds is 10. The maximum atomic E-state index is 13.6. The Morgan fingerprint density at radius 1 is 0.878 bits per heavy atom. The van der Waals surface area contributed by atoms with Gasteiger partial charge in [0.25, 0.3) is 11.8 Å². The van der Waals surface area contributed by atoms with E-state index in [0.717, 1.165) is 53.9 Å². The molecule has 0 saturated carbocycles. The third-order valence-corrected chi connectivity index (χ3v) is 10.8. The lowest BCUT2D eigenvalue weighted by atomic mass is 9.96. The molecular formula is C37H35Cl2N3O5S2. The number of carbonyl (C=O) groups excluding carboxylic acids is 4. The van der Waals surface area contributed by atoms with Crippen molar-refractivity contribution in [1.82, 2.24) is 5.32 Å². The number of methoxy groups -OCH3 is 1. The van der Waals surface area contributed by atoms with Gasteiger partial charge in [-0.25, -0.2) is 4.79 Å². The Balaban J connectivity index is 1.32. The first kappa shape index (κ1) is 36.2. The summed E-state index contributed by atoms with van der Waals surface area (Å²) < 4.78 is 5.10. The Morgan fingerprint density at radius 3 is 2.29 bits per heavy atom. The fourth-order valence-electron chi connectivity index (χ4n) is 5.38. The van der Waals surface area contributed by atoms with E-state index in [1.165, 1.54) is 36.3 Å². The summed E-state index contributed by atoms with van der Waals surface area (Å²) in [6.45, 7) is 1.78. The van der Waals surface area contributed by atoms with E-state index in [1.54, 1.807) is 73.7 Å². The normalized spacial score (nSPS) is 13.7. The number of esters is 1. The highest BCUT2D eigenvalue weighted by Crippen LogP contribution is 2.38. The molecule has 12 heteroatoms. The van der Waals surface area contributed by atoms with Gasteiger partial charge in [-0.05, 0) is 86.7 Å². The van der Waals surface area contributed by atoms with Crippen LogP contribution in [0.1, 0.15) is 69.3 Å². The average molecular weight is 737 g/mol. The predicted molar refractivity (Wildman–Crippen MR) is 199 cm³/mol. The molecule has 3 aromatic carbocycles. The number of benzene rings is 3. The second-order valence-corrected chi connectivity index (χ2v) is 14.7. The van der Waals surface area contributed by atoms with Crippen molar-refractivity contribution in [2.45, 2.75) is 55.6 Å². The van der Waals surface area contributed by atoms with Crippen molar-refractivity contribution in [3.63, 3.8) is 0 Å². The number of nitrogens with one attached hydrogen (secondary N) is 3. The van der Waals surface area contributed by atoms with Crippen molar-refractivity contribution < 1.29 is 23.9 Å². The summed E-state index contributed by atoms with van der Waals surface area (Å²) in [7, 11) is 1.35. The van der Waals surface area contributed by atoms with Crippen LogP contribution in [0, 0.1) is 0 Å². The van der Waals surface area contributed by atoms with E-state index in [-0.39, 0.29) is 11.6 Å². The van der Waals surface area contributed by atoms with E-state index >= 15 is 0 Å². The van der Waals surface area contributed by atoms with Gasteiger partial charge in [-0.2, -0.15) is 0 Å². The molecule has 1 aromatic heterocycles. The molecule has 0 aliphatic heterocycles. The largest absolute Gasteiger partial charge is 0.465 e. The number of aryl methyl sites for hydroxylation is 1. The zero-order valence-corrected chi connectivity index (χ0v) is 30.1. The zero-order chi connectivity index (χ0) is 34.9. The smallest absolute Gasteiger partial charge is 0.341 e. The minimum absolute atomic E-state index is 0.0684. The SMILES string of the molecule is COC(=O)c1c(NC(=O)C(C)Sc2cccc(NC(=O)/C(=C\c3c(Cl)cccc3Cl)NC(=O)c3ccccc3)c2)sc2c1CCCCCC2. The van der Waals surface area contributed by atoms with Crippen LogP contribution in [0.25, 0.3) is 6.08 Å². The molecule has 0 radical (unpaired) electrons. The Morgan fingerprint density at radius 2 is 1.57 bits per heavy atom. The van der Waals surface area contributed by atoms with Crippen molar-refractivity contribution in [2.24, 2.45) is 0 Å². The molecule has 5 rings (SSSR count). The monoisotopic (exact) mass is 735 g/mol. The molecule has 0 bridgehead atoms. The van der Waals surface area contributed by atoms with Crippen LogP contribution in [0.5, 0.6) is 0 Å². The number of thioether (sulfide) groups is 1. The average Bonchev–Trinajstić information content (AvgIpc) is 3.41. The van der Waals surface area contributed by atoms with Gasteiger partial charge in [-0.3, -0.25) is 14.4 Å². The van der Waals surface area contributed by atoms with Crippen molar-refractivity contribution in [1.29, 1.82) is 0 Å². The molecule has 1 unspecified atom stereocenters. The van der Waals surface area contributed by atoms with Crippen LogP contribution in [0.2, 0.25) is 10.0 Å². The molecular weight excluding hydrogens is 701 g/mol. The van der Waals surface area contributed by atoms with Gasteiger partial charge < -0.3 is 20.7 Å². The Labute approximate surface area is 303 Å². The minimum atomic E-state index is -0.600. The summed E-state index contributed by atoms with van der Waals surface area (Å²) in [4.78, 5) is 54.7. The summed E-state index contributed by atoms with van der Waals surface area (Å²) in [5.74, 6) is -1.79. The highest BCUT2D eigenvalue weighted by atomic mass is 35.5. The first-order valence-electron chi connectivity index (χ1n) is 15.8. The van der Waals surface area contributed by atoms with Crippen LogP contribution < -0.4 is 16.0 Å². The maximum Gasteiger partial charge on any atom is 0.341 e. The number of hydrogen-bond acceptors (Lipinski definition) is 7. The predicted octanol–water partition coefficient (Wildman–Crippen LogP) is 9.03.